The summed E-state index contributed by atoms with van der Waals surface area (Å²) in [5.41, 5.74) is 0. The fraction of sp³-hybridized carbons (Fsp3) is 0.182. The van der Waals surface area contributed by atoms with Gasteiger partial charge in [-0.15, -0.1) is 0 Å². The second-order valence-electron chi connectivity index (χ2n) is 3.64. The molecule has 0 aromatic heterocycles. The van der Waals surface area contributed by atoms with Crippen molar-refractivity contribution < 1.29 is 18.3 Å². The zero-order valence-corrected chi connectivity index (χ0v) is 10.2. The maximum absolute atomic E-state index is 12.1. The van der Waals surface area contributed by atoms with Crippen molar-refractivity contribution in [3.8, 4) is 0 Å². The highest BCUT2D eigenvalue weighted by atomic mass is 35.5. The van der Waals surface area contributed by atoms with Crippen LogP contribution in [-0.2, 0) is 14.6 Å². The van der Waals surface area contributed by atoms with Crippen molar-refractivity contribution in [1.29, 1.82) is 0 Å². The Morgan fingerprint density at radius 1 is 1.24 bits per heavy atom. The Bertz CT molecular complexity index is 589. The number of benzene rings is 1. The van der Waals surface area contributed by atoms with Gasteiger partial charge in [-0.25, -0.2) is 8.42 Å². The maximum Gasteiger partial charge on any atom is 0.211 e. The van der Waals surface area contributed by atoms with Gasteiger partial charge in [0.2, 0.25) is 9.84 Å². The zero-order chi connectivity index (χ0) is 12.6. The molecule has 1 aromatic rings. The van der Waals surface area contributed by atoms with Crippen molar-refractivity contribution in [2.24, 2.45) is 0 Å². The largest absolute Gasteiger partial charge is 0.387 e. The summed E-state index contributed by atoms with van der Waals surface area (Å²) in [6.07, 6.45) is -1.49. The highest BCUT2D eigenvalue weighted by molar-refractivity contribution is 7.96. The van der Waals surface area contributed by atoms with Gasteiger partial charge in [-0.05, 0) is 12.1 Å². The van der Waals surface area contributed by atoms with Crippen molar-refractivity contribution in [1.82, 2.24) is 0 Å². The van der Waals surface area contributed by atoms with Crippen LogP contribution in [-0.4, -0.2) is 25.4 Å². The van der Waals surface area contributed by atoms with E-state index in [4.69, 9.17) is 11.6 Å². The molecule has 1 aliphatic carbocycles. The van der Waals surface area contributed by atoms with Crippen LogP contribution in [0.25, 0.3) is 0 Å². The lowest BCUT2D eigenvalue weighted by Gasteiger charge is -2.04. The summed E-state index contributed by atoms with van der Waals surface area (Å²) in [6.45, 7) is 0. The Morgan fingerprint density at radius 3 is 2.29 bits per heavy atom. The van der Waals surface area contributed by atoms with E-state index in [9.17, 15) is 18.3 Å². The summed E-state index contributed by atoms with van der Waals surface area (Å²) in [5.74, 6) is -0.647. The molecule has 0 saturated heterocycles. The van der Waals surface area contributed by atoms with Gasteiger partial charge in [-0.3, -0.25) is 4.79 Å². The Kier molecular flexibility index (Phi) is 3.07. The molecule has 1 aliphatic rings. The highest BCUT2D eigenvalue weighted by Crippen LogP contribution is 2.33. The van der Waals surface area contributed by atoms with E-state index in [1.54, 1.807) is 18.2 Å². The van der Waals surface area contributed by atoms with Gasteiger partial charge in [0.05, 0.1) is 16.0 Å². The smallest absolute Gasteiger partial charge is 0.211 e. The minimum Gasteiger partial charge on any atom is -0.387 e. The number of hydrogen-bond donors (Lipinski definition) is 1. The molecule has 0 bridgehead atoms. The second-order valence-corrected chi connectivity index (χ2v) is 5.93. The summed E-state index contributed by atoms with van der Waals surface area (Å²) in [7, 11) is -3.93. The molecule has 0 heterocycles. The van der Waals surface area contributed by atoms with E-state index in [0.29, 0.717) is 0 Å². The predicted molar refractivity (Wildman–Crippen MR) is 62.1 cm³/mol. The molecular formula is C11H9ClO4S. The second kappa shape index (κ2) is 4.25. The molecule has 0 saturated carbocycles. The lowest BCUT2D eigenvalue weighted by molar-refractivity contribution is -0.115. The summed E-state index contributed by atoms with van der Waals surface area (Å²) < 4.78 is 24.3. The third-order valence-electron chi connectivity index (χ3n) is 2.46. The highest BCUT2D eigenvalue weighted by Gasteiger charge is 2.38. The predicted octanol–water partition coefficient (Wildman–Crippen LogP) is 1.24. The van der Waals surface area contributed by atoms with Gasteiger partial charge in [0.1, 0.15) is 4.91 Å². The van der Waals surface area contributed by atoms with Gasteiger partial charge >= 0.3 is 0 Å². The van der Waals surface area contributed by atoms with Crippen molar-refractivity contribution in [3.05, 3.63) is 40.3 Å². The lowest BCUT2D eigenvalue weighted by atomic mass is 10.3. The first kappa shape index (κ1) is 12.3. The minimum atomic E-state index is -3.93. The first-order valence-electron chi connectivity index (χ1n) is 4.85. The number of sulfone groups is 1. The molecule has 1 aromatic carbocycles. The standard InChI is InChI=1S/C11H9ClO4S/c12-10-8(13)6-9(14)11(10)17(15,16)7-4-2-1-3-5-7/h1-5,8,13H,6H2. The molecule has 1 N–H and O–H groups in total. The number of allylic oxidation sites excluding steroid dienone is 1. The number of aliphatic hydroxyl groups is 1. The number of carbonyl (C=O) groups is 1. The van der Waals surface area contributed by atoms with Crippen molar-refractivity contribution >= 4 is 27.2 Å². The fourth-order valence-electron chi connectivity index (χ4n) is 1.64. The summed E-state index contributed by atoms with van der Waals surface area (Å²) in [5, 5.41) is 9.08. The molecule has 0 amide bonds. The molecule has 0 fully saturated rings. The quantitative estimate of drug-likeness (QED) is 0.879. The van der Waals surface area contributed by atoms with Gasteiger partial charge in [-0.1, -0.05) is 29.8 Å². The van der Waals surface area contributed by atoms with E-state index in [1.165, 1.54) is 12.1 Å². The fourth-order valence-corrected chi connectivity index (χ4v) is 3.65. The van der Waals surface area contributed by atoms with E-state index in [2.05, 4.69) is 0 Å². The topological polar surface area (TPSA) is 71.4 Å². The number of halogens is 1. The number of ketones is 1. The van der Waals surface area contributed by atoms with Crippen LogP contribution in [0, 0.1) is 0 Å². The summed E-state index contributed by atoms with van der Waals surface area (Å²) >= 11 is 5.69. The molecule has 2 rings (SSSR count). The van der Waals surface area contributed by atoms with Crippen molar-refractivity contribution in [2.75, 3.05) is 0 Å². The van der Waals surface area contributed by atoms with Crippen LogP contribution in [0.15, 0.2) is 45.2 Å². The summed E-state index contributed by atoms with van der Waals surface area (Å²) in [4.78, 5) is 11.0. The first-order valence-corrected chi connectivity index (χ1v) is 6.72. The van der Waals surface area contributed by atoms with Gasteiger partial charge in [-0.2, -0.15) is 0 Å². The van der Waals surface area contributed by atoms with Gasteiger partial charge in [0.15, 0.2) is 5.78 Å². The van der Waals surface area contributed by atoms with Crippen LogP contribution < -0.4 is 0 Å². The van der Waals surface area contributed by atoms with Crippen LogP contribution >= 0.6 is 11.6 Å². The van der Waals surface area contributed by atoms with Crippen molar-refractivity contribution in [2.45, 2.75) is 17.4 Å². The number of aliphatic hydroxyl groups excluding tert-OH is 1. The van der Waals surface area contributed by atoms with Crippen LogP contribution in [0.3, 0.4) is 0 Å². The molecular weight excluding hydrogens is 264 g/mol. The van der Waals surface area contributed by atoms with Crippen LogP contribution in [0.1, 0.15) is 6.42 Å². The van der Waals surface area contributed by atoms with E-state index in [-0.39, 0.29) is 16.3 Å². The Morgan fingerprint density at radius 2 is 1.82 bits per heavy atom. The number of rotatable bonds is 2. The maximum atomic E-state index is 12.1. The number of hydrogen-bond acceptors (Lipinski definition) is 4. The number of carbonyl (C=O) groups excluding carboxylic acids is 1. The number of Topliss-reactive ketones (excluding diaryl/α,β-unsaturated/α-hetero) is 1. The first-order chi connectivity index (χ1) is 7.94. The lowest BCUT2D eigenvalue weighted by Crippen LogP contribution is -2.10. The monoisotopic (exact) mass is 272 g/mol. The zero-order valence-electron chi connectivity index (χ0n) is 8.63. The average Bonchev–Trinajstić information content (AvgIpc) is 2.54. The third-order valence-corrected chi connectivity index (χ3v) is 4.89. The van der Waals surface area contributed by atoms with Crippen LogP contribution in [0.5, 0.6) is 0 Å². The average molecular weight is 273 g/mol. The Hall–Kier alpha value is -1.17. The van der Waals surface area contributed by atoms with E-state index in [1.807, 2.05) is 0 Å². The van der Waals surface area contributed by atoms with Gasteiger partial charge in [0, 0.05) is 6.42 Å². The van der Waals surface area contributed by atoms with Gasteiger partial charge < -0.3 is 5.11 Å². The van der Waals surface area contributed by atoms with Crippen molar-refractivity contribution in [3.63, 3.8) is 0 Å². The Labute approximate surface area is 103 Å². The molecule has 6 heteroatoms. The Balaban J connectivity index is 2.59. The molecule has 1 unspecified atom stereocenters. The SMILES string of the molecule is O=C1CC(O)C(Cl)=C1S(=O)(=O)c1ccccc1. The molecule has 4 nitrogen and oxygen atoms in total. The van der Waals surface area contributed by atoms with E-state index < -0.39 is 26.6 Å². The van der Waals surface area contributed by atoms with E-state index in [0.717, 1.165) is 0 Å². The molecule has 90 valence electrons. The minimum absolute atomic E-state index is 0.00407. The van der Waals surface area contributed by atoms with Gasteiger partial charge in [0.25, 0.3) is 0 Å². The molecule has 0 radical (unpaired) electrons. The molecule has 0 spiro atoms. The van der Waals surface area contributed by atoms with Crippen LogP contribution in [0.4, 0.5) is 0 Å². The van der Waals surface area contributed by atoms with Crippen LogP contribution in [0.2, 0.25) is 0 Å². The molecule has 0 aliphatic heterocycles. The summed E-state index contributed by atoms with van der Waals surface area (Å²) in [6, 6.07) is 7.53. The normalized spacial score (nSPS) is 21.1. The van der Waals surface area contributed by atoms with E-state index >= 15 is 0 Å². The third kappa shape index (κ3) is 2.01. The molecule has 17 heavy (non-hydrogen) atoms. The molecule has 1 atom stereocenters.